The van der Waals surface area contributed by atoms with Crippen LogP contribution in [0.15, 0.2) is 87.8 Å². The monoisotopic (exact) mass is 643 g/mol. The predicted octanol–water partition coefficient (Wildman–Crippen LogP) is 3.91. The third-order valence-corrected chi connectivity index (χ3v) is 9.02. The van der Waals surface area contributed by atoms with Gasteiger partial charge in [-0.3, -0.25) is 19.0 Å². The third kappa shape index (κ3) is 5.13. The van der Waals surface area contributed by atoms with Gasteiger partial charge in [0, 0.05) is 17.5 Å². The Morgan fingerprint density at radius 2 is 1.73 bits per heavy atom. The Morgan fingerprint density at radius 1 is 1.00 bits per heavy atom. The molecule has 2 aliphatic rings. The summed E-state index contributed by atoms with van der Waals surface area (Å²) in [6, 6.07) is 18.3. The van der Waals surface area contributed by atoms with Gasteiger partial charge < -0.3 is 19.1 Å². The summed E-state index contributed by atoms with van der Waals surface area (Å²) in [7, 11) is 2.66. The number of carbonyl (C=O) groups excluding carboxylic acids is 3. The van der Waals surface area contributed by atoms with Crippen LogP contribution < -0.4 is 29.3 Å². The second kappa shape index (κ2) is 11.8. The summed E-state index contributed by atoms with van der Waals surface area (Å²) in [5.74, 6) is -1.16. The van der Waals surface area contributed by atoms with E-state index in [1.165, 1.54) is 31.8 Å². The number of benzene rings is 3. The summed E-state index contributed by atoms with van der Waals surface area (Å²) in [6.45, 7) is 3.14. The normalized spacial score (nSPS) is 16.6. The van der Waals surface area contributed by atoms with Gasteiger partial charge in [0.05, 0.1) is 49.3 Å². The van der Waals surface area contributed by atoms with Crippen molar-refractivity contribution in [2.75, 3.05) is 19.1 Å². The van der Waals surface area contributed by atoms with E-state index in [0.29, 0.717) is 32.3 Å². The SMILES string of the molecule is COC(=O)C1=C(C)N=c2s/c(=C3\C(=O)N(Cc4ccccc4Cl)c4ccccc43)c(=O)n2[C@@H]1c1ccc(OC(C)=O)c(OC)c1. The zero-order valence-corrected chi connectivity index (χ0v) is 26.2. The number of aromatic nitrogens is 1. The van der Waals surface area contributed by atoms with Crippen LogP contribution in [0.3, 0.4) is 0 Å². The molecule has 1 aromatic heterocycles. The van der Waals surface area contributed by atoms with E-state index in [1.54, 1.807) is 42.2 Å². The van der Waals surface area contributed by atoms with Crippen LogP contribution in [0.5, 0.6) is 11.5 Å². The van der Waals surface area contributed by atoms with E-state index < -0.39 is 23.5 Å². The van der Waals surface area contributed by atoms with Crippen LogP contribution >= 0.6 is 22.9 Å². The van der Waals surface area contributed by atoms with Crippen molar-refractivity contribution in [3.05, 3.63) is 119 Å². The number of anilines is 1. The average Bonchev–Trinajstić information content (AvgIpc) is 3.49. The lowest BCUT2D eigenvalue weighted by molar-refractivity contribution is -0.136. The number of carbonyl (C=O) groups is 3. The van der Waals surface area contributed by atoms with E-state index in [-0.39, 0.29) is 39.6 Å². The summed E-state index contributed by atoms with van der Waals surface area (Å²) in [4.78, 5) is 59.8. The number of rotatable bonds is 6. The van der Waals surface area contributed by atoms with Crippen molar-refractivity contribution in [2.24, 2.45) is 4.99 Å². The van der Waals surface area contributed by atoms with Gasteiger partial charge in [-0.25, -0.2) is 9.79 Å². The zero-order valence-electron chi connectivity index (χ0n) is 24.6. The average molecular weight is 644 g/mol. The minimum absolute atomic E-state index is 0.141. The van der Waals surface area contributed by atoms with Crippen LogP contribution in [-0.2, 0) is 25.7 Å². The Morgan fingerprint density at radius 3 is 2.44 bits per heavy atom. The molecule has 0 radical (unpaired) electrons. The number of nitrogens with zero attached hydrogens (tertiary/aromatic N) is 3. The fraction of sp³-hybridized carbons (Fsp3) is 0.182. The first-order valence-electron chi connectivity index (χ1n) is 13.8. The molecule has 0 aliphatic carbocycles. The molecule has 0 saturated carbocycles. The van der Waals surface area contributed by atoms with Crippen LogP contribution in [0.2, 0.25) is 5.02 Å². The van der Waals surface area contributed by atoms with Crippen molar-refractivity contribution in [1.82, 2.24) is 4.57 Å². The van der Waals surface area contributed by atoms with E-state index in [1.807, 2.05) is 30.3 Å². The van der Waals surface area contributed by atoms with Crippen LogP contribution in [0, 0.1) is 0 Å². The molecule has 2 aliphatic heterocycles. The number of para-hydroxylation sites is 1. The quantitative estimate of drug-likeness (QED) is 0.231. The summed E-state index contributed by atoms with van der Waals surface area (Å²) < 4.78 is 17.4. The molecule has 0 fully saturated rings. The lowest BCUT2D eigenvalue weighted by Crippen LogP contribution is -2.40. The molecule has 228 valence electrons. The van der Waals surface area contributed by atoms with Gasteiger partial charge in [-0.2, -0.15) is 0 Å². The highest BCUT2D eigenvalue weighted by molar-refractivity contribution is 7.07. The number of hydrogen-bond donors (Lipinski definition) is 0. The number of fused-ring (bicyclic) bond motifs is 2. The van der Waals surface area contributed by atoms with E-state index in [0.717, 1.165) is 16.9 Å². The van der Waals surface area contributed by atoms with Gasteiger partial charge in [-0.1, -0.05) is 65.4 Å². The fourth-order valence-electron chi connectivity index (χ4n) is 5.61. The molecular formula is C33H26ClN3O7S. The van der Waals surface area contributed by atoms with E-state index in [2.05, 4.69) is 4.99 Å². The maximum atomic E-state index is 14.4. The molecule has 1 atom stereocenters. The number of methoxy groups -OCH3 is 2. The van der Waals surface area contributed by atoms with E-state index >= 15 is 0 Å². The first-order valence-corrected chi connectivity index (χ1v) is 15.0. The summed E-state index contributed by atoms with van der Waals surface area (Å²) in [6.07, 6.45) is 0. The molecule has 10 nitrogen and oxygen atoms in total. The van der Waals surface area contributed by atoms with Crippen molar-refractivity contribution in [1.29, 1.82) is 0 Å². The minimum Gasteiger partial charge on any atom is -0.493 e. The van der Waals surface area contributed by atoms with Crippen molar-refractivity contribution >= 4 is 52.0 Å². The van der Waals surface area contributed by atoms with Crippen LogP contribution in [-0.4, -0.2) is 36.6 Å². The van der Waals surface area contributed by atoms with E-state index in [4.69, 9.17) is 25.8 Å². The maximum Gasteiger partial charge on any atom is 0.338 e. The number of thiazole rings is 1. The van der Waals surface area contributed by atoms with Gasteiger partial charge in [-0.15, -0.1) is 0 Å². The van der Waals surface area contributed by atoms with Crippen molar-refractivity contribution in [3.63, 3.8) is 0 Å². The van der Waals surface area contributed by atoms with Crippen LogP contribution in [0.1, 0.15) is 36.6 Å². The Hall–Kier alpha value is -5.00. The largest absolute Gasteiger partial charge is 0.493 e. The number of hydrogen-bond acceptors (Lipinski definition) is 9. The number of ether oxygens (including phenoxy) is 3. The van der Waals surface area contributed by atoms with Gasteiger partial charge >= 0.3 is 11.9 Å². The molecule has 0 saturated heterocycles. The number of amides is 1. The standard InChI is InChI=1S/C33H26ClN3O7S/c1-17-26(32(41)43-4)28(19-13-14-24(44-18(2)38)25(15-19)42-3)37-31(40)29(45-33(37)35-17)27-21-10-6-8-12-23(21)36(30(27)39)16-20-9-5-7-11-22(20)34/h5-15,28H,16H2,1-4H3/b29-27-/t28-/m1/s1. The van der Waals surface area contributed by atoms with Gasteiger partial charge in [0.15, 0.2) is 16.3 Å². The summed E-state index contributed by atoms with van der Waals surface area (Å²) in [5.41, 5.74) is 2.73. The predicted molar refractivity (Wildman–Crippen MR) is 168 cm³/mol. The van der Waals surface area contributed by atoms with Crippen LogP contribution in [0.4, 0.5) is 5.69 Å². The summed E-state index contributed by atoms with van der Waals surface area (Å²) >= 11 is 7.50. The highest BCUT2D eigenvalue weighted by Crippen LogP contribution is 2.38. The lowest BCUT2D eigenvalue weighted by Gasteiger charge is -2.25. The molecule has 1 amide bonds. The van der Waals surface area contributed by atoms with Gasteiger partial charge in [-0.05, 0) is 42.3 Å². The lowest BCUT2D eigenvalue weighted by atomic mass is 9.95. The second-order valence-corrected chi connectivity index (χ2v) is 11.7. The van der Waals surface area contributed by atoms with Gasteiger partial charge in [0.2, 0.25) is 0 Å². The Kier molecular flexibility index (Phi) is 7.90. The molecule has 0 unspecified atom stereocenters. The number of halogens is 1. The van der Waals surface area contributed by atoms with Crippen molar-refractivity contribution < 1.29 is 28.6 Å². The fourth-order valence-corrected chi connectivity index (χ4v) is 6.94. The van der Waals surface area contributed by atoms with Crippen LogP contribution in [0.25, 0.3) is 5.57 Å². The molecule has 45 heavy (non-hydrogen) atoms. The topological polar surface area (TPSA) is 117 Å². The molecule has 3 aromatic carbocycles. The smallest absolute Gasteiger partial charge is 0.338 e. The first-order chi connectivity index (χ1) is 21.6. The molecule has 6 rings (SSSR count). The molecule has 12 heteroatoms. The Labute approximate surface area is 266 Å². The Bertz CT molecular complexity index is 2130. The molecular weight excluding hydrogens is 618 g/mol. The van der Waals surface area contributed by atoms with Gasteiger partial charge in [0.1, 0.15) is 4.53 Å². The summed E-state index contributed by atoms with van der Waals surface area (Å²) in [5, 5.41) is 0.525. The highest BCUT2D eigenvalue weighted by Gasteiger charge is 2.37. The molecule has 0 N–H and O–H groups in total. The van der Waals surface area contributed by atoms with E-state index in [9.17, 15) is 19.2 Å². The molecule has 0 bridgehead atoms. The molecule has 0 spiro atoms. The van der Waals surface area contributed by atoms with Crippen molar-refractivity contribution in [3.8, 4) is 11.5 Å². The number of esters is 2. The second-order valence-electron chi connectivity index (χ2n) is 10.3. The number of allylic oxidation sites excluding steroid dienone is 1. The highest BCUT2D eigenvalue weighted by atomic mass is 35.5. The minimum atomic E-state index is -0.977. The van der Waals surface area contributed by atoms with Gasteiger partial charge in [0.25, 0.3) is 11.5 Å². The molecule has 4 aromatic rings. The third-order valence-electron chi connectivity index (χ3n) is 7.60. The maximum absolute atomic E-state index is 14.4. The Balaban J connectivity index is 1.57. The zero-order chi connectivity index (χ0) is 32.0. The molecule has 3 heterocycles. The van der Waals surface area contributed by atoms with Crippen molar-refractivity contribution in [2.45, 2.75) is 26.4 Å². The first kappa shape index (κ1) is 30.0.